The summed E-state index contributed by atoms with van der Waals surface area (Å²) in [6.07, 6.45) is 0. The van der Waals surface area contributed by atoms with Crippen molar-refractivity contribution < 1.29 is 0 Å². The summed E-state index contributed by atoms with van der Waals surface area (Å²) in [6, 6.07) is 79.6. The molecule has 15 rings (SSSR count). The lowest BCUT2D eigenvalue weighted by molar-refractivity contribution is 1.18. The Morgan fingerprint density at radius 2 is 0.938 bits per heavy atom. The van der Waals surface area contributed by atoms with E-state index < -0.39 is 0 Å². The normalized spacial score (nSPS) is 12.9. The number of rotatable bonds is 4. The predicted octanol–water partition coefficient (Wildman–Crippen LogP) is 15.1. The van der Waals surface area contributed by atoms with Gasteiger partial charge in [0, 0.05) is 79.3 Å². The molecule has 0 N–H and O–H groups in total. The number of anilines is 3. The molecule has 3 aromatic heterocycles. The number of fused-ring (bicyclic) bond motifs is 14. The summed E-state index contributed by atoms with van der Waals surface area (Å²) in [5.41, 5.74) is 18.7. The predicted molar refractivity (Wildman–Crippen MR) is 282 cm³/mol. The van der Waals surface area contributed by atoms with E-state index in [0.717, 1.165) is 0 Å². The Balaban J connectivity index is 1.19. The number of benzene rings is 10. The smallest absolute Gasteiger partial charge is 0.254 e. The van der Waals surface area contributed by atoms with Crippen molar-refractivity contribution in [3.05, 3.63) is 212 Å². The Labute approximate surface area is 383 Å². The maximum absolute atomic E-state index is 2.67. The lowest BCUT2D eigenvalue weighted by Gasteiger charge is -2.42. The van der Waals surface area contributed by atoms with E-state index in [1.54, 1.807) is 0 Å². The van der Waals surface area contributed by atoms with Gasteiger partial charge in [-0.05, 0) is 87.2 Å². The average molecular weight is 859 g/mol. The SMILES string of the molecule is c1ccc(-c2cc3c4c(c2)-n2c5ccccc5c5cc6c(sc7ccccc76)c(c52)B4c2cc4sc5ccccc5c4cc2N3c2c(-c3ccccc3)cccc2-c2ccccc2)cc1. The highest BCUT2D eigenvalue weighted by Crippen LogP contribution is 2.52. The van der Waals surface area contributed by atoms with E-state index in [9.17, 15) is 0 Å². The standard InChI is InChI=1S/C60H35BN2S2/c1-4-17-36(18-5-1)39-31-51-56-52(32-39)63(58-40(37-19-6-2-7-20-37)26-16-27-41(58)38-21-8-3-9-22-38)50-34-45-43-24-11-14-29-53(43)64-55(45)35-48(50)61(56)57-59-46(42-23-10-13-28-49(42)62(51)59)33-47-44-25-12-15-30-54(44)65-60(47)57/h1-35H. The van der Waals surface area contributed by atoms with Gasteiger partial charge in [0.2, 0.25) is 0 Å². The number of nitrogens with zero attached hydrogens (tertiary/aromatic N) is 2. The van der Waals surface area contributed by atoms with Gasteiger partial charge in [-0.1, -0.05) is 164 Å². The van der Waals surface area contributed by atoms with Crippen LogP contribution >= 0.6 is 22.7 Å². The zero-order valence-electron chi connectivity index (χ0n) is 35.0. The van der Waals surface area contributed by atoms with Crippen LogP contribution in [0.15, 0.2) is 212 Å². The lowest BCUT2D eigenvalue weighted by Crippen LogP contribution is -2.60. The fourth-order valence-corrected chi connectivity index (χ4v) is 13.8. The highest BCUT2D eigenvalue weighted by Gasteiger charge is 2.45. The Morgan fingerprint density at radius 3 is 1.65 bits per heavy atom. The van der Waals surface area contributed by atoms with Gasteiger partial charge in [0.25, 0.3) is 6.71 Å². The molecular formula is C60H35BN2S2. The molecule has 0 fully saturated rings. The van der Waals surface area contributed by atoms with Gasteiger partial charge in [0.05, 0.1) is 16.7 Å². The van der Waals surface area contributed by atoms with Gasteiger partial charge >= 0.3 is 0 Å². The molecule has 0 radical (unpaired) electrons. The monoisotopic (exact) mass is 858 g/mol. The van der Waals surface area contributed by atoms with Crippen LogP contribution in [0.3, 0.4) is 0 Å². The Kier molecular flexibility index (Phi) is 7.37. The van der Waals surface area contributed by atoms with Crippen LogP contribution in [0.4, 0.5) is 17.1 Å². The first-order valence-electron chi connectivity index (χ1n) is 22.4. The van der Waals surface area contributed by atoms with Crippen molar-refractivity contribution in [2.24, 2.45) is 0 Å². The van der Waals surface area contributed by atoms with E-state index >= 15 is 0 Å². The molecular weight excluding hydrogens is 824 g/mol. The third-order valence-corrected chi connectivity index (χ3v) is 16.5. The van der Waals surface area contributed by atoms with Crippen LogP contribution in [0.25, 0.3) is 101 Å². The molecule has 0 saturated carbocycles. The Bertz CT molecular complexity index is 4070. The summed E-state index contributed by atoms with van der Waals surface area (Å²) in [7, 11) is 0. The molecule has 0 saturated heterocycles. The number of hydrogen-bond donors (Lipinski definition) is 0. The largest absolute Gasteiger partial charge is 0.310 e. The maximum atomic E-state index is 2.67. The molecule has 2 aliphatic rings. The van der Waals surface area contributed by atoms with Crippen LogP contribution in [0.2, 0.25) is 0 Å². The quantitative estimate of drug-likeness (QED) is 0.160. The average Bonchev–Trinajstić information content (AvgIpc) is 4.04. The van der Waals surface area contributed by atoms with Crippen molar-refractivity contribution >= 4 is 125 Å². The molecule has 0 atom stereocenters. The molecule has 0 aliphatic carbocycles. The van der Waals surface area contributed by atoms with Crippen molar-refractivity contribution in [2.75, 3.05) is 4.90 Å². The third kappa shape index (κ3) is 4.94. The van der Waals surface area contributed by atoms with Crippen LogP contribution in [0.1, 0.15) is 0 Å². The number of aromatic nitrogens is 1. The van der Waals surface area contributed by atoms with E-state index in [1.165, 1.54) is 135 Å². The van der Waals surface area contributed by atoms with Crippen molar-refractivity contribution in [3.63, 3.8) is 0 Å². The molecule has 5 heterocycles. The molecule has 0 unspecified atom stereocenters. The van der Waals surface area contributed by atoms with Gasteiger partial charge in [-0.25, -0.2) is 0 Å². The molecule has 13 aromatic rings. The first-order valence-corrected chi connectivity index (χ1v) is 24.0. The zero-order valence-corrected chi connectivity index (χ0v) is 36.6. The topological polar surface area (TPSA) is 8.17 Å². The molecule has 0 amide bonds. The first-order chi connectivity index (χ1) is 32.3. The summed E-state index contributed by atoms with van der Waals surface area (Å²) in [6.45, 7) is -0.0363. The van der Waals surface area contributed by atoms with Gasteiger partial charge in [-0.15, -0.1) is 22.7 Å². The van der Waals surface area contributed by atoms with E-state index in [2.05, 4.69) is 222 Å². The zero-order chi connectivity index (χ0) is 42.3. The fraction of sp³-hybridized carbons (Fsp3) is 0. The molecule has 0 bridgehead atoms. The minimum Gasteiger partial charge on any atom is -0.310 e. The third-order valence-electron chi connectivity index (χ3n) is 14.1. The van der Waals surface area contributed by atoms with Crippen LogP contribution in [0, 0.1) is 0 Å². The number of para-hydroxylation sites is 2. The Morgan fingerprint density at radius 1 is 0.354 bits per heavy atom. The summed E-state index contributed by atoms with van der Waals surface area (Å²) in [4.78, 5) is 2.67. The highest BCUT2D eigenvalue weighted by atomic mass is 32.1. The number of hydrogen-bond acceptors (Lipinski definition) is 3. The summed E-state index contributed by atoms with van der Waals surface area (Å²) < 4.78 is 7.97. The second kappa shape index (κ2) is 13.4. The molecule has 10 aromatic carbocycles. The molecule has 65 heavy (non-hydrogen) atoms. The molecule has 300 valence electrons. The second-order valence-electron chi connectivity index (χ2n) is 17.5. The van der Waals surface area contributed by atoms with Crippen molar-refractivity contribution in [2.45, 2.75) is 0 Å². The first kappa shape index (κ1) is 35.7. The van der Waals surface area contributed by atoms with Gasteiger partial charge in [-0.3, -0.25) is 0 Å². The molecule has 5 heteroatoms. The van der Waals surface area contributed by atoms with E-state index in [4.69, 9.17) is 0 Å². The minimum absolute atomic E-state index is 0.0363. The summed E-state index contributed by atoms with van der Waals surface area (Å²) >= 11 is 3.87. The van der Waals surface area contributed by atoms with E-state index in [0.29, 0.717) is 0 Å². The van der Waals surface area contributed by atoms with Crippen molar-refractivity contribution in [3.8, 4) is 39.1 Å². The second-order valence-corrected chi connectivity index (χ2v) is 19.7. The molecule has 0 spiro atoms. The van der Waals surface area contributed by atoms with Gasteiger partial charge in [0.1, 0.15) is 0 Å². The number of thiophene rings is 2. The lowest BCUT2D eigenvalue weighted by atomic mass is 9.33. The van der Waals surface area contributed by atoms with Gasteiger partial charge < -0.3 is 9.47 Å². The highest BCUT2D eigenvalue weighted by molar-refractivity contribution is 7.28. The summed E-state index contributed by atoms with van der Waals surface area (Å²) in [5, 5.41) is 7.88. The van der Waals surface area contributed by atoms with E-state index in [-0.39, 0.29) is 6.71 Å². The maximum Gasteiger partial charge on any atom is 0.254 e. The van der Waals surface area contributed by atoms with E-state index in [1.807, 2.05) is 22.7 Å². The minimum atomic E-state index is -0.0363. The van der Waals surface area contributed by atoms with Crippen molar-refractivity contribution in [1.29, 1.82) is 0 Å². The molecule has 2 aliphatic heterocycles. The Hall–Kier alpha value is -7.70. The van der Waals surface area contributed by atoms with Crippen LogP contribution in [0.5, 0.6) is 0 Å². The fourth-order valence-electron chi connectivity index (χ4n) is 11.5. The van der Waals surface area contributed by atoms with Gasteiger partial charge in [0.15, 0.2) is 0 Å². The van der Waals surface area contributed by atoms with Crippen LogP contribution in [-0.2, 0) is 0 Å². The summed E-state index contributed by atoms with van der Waals surface area (Å²) in [5.74, 6) is 0. The van der Waals surface area contributed by atoms with Crippen molar-refractivity contribution in [1.82, 2.24) is 4.57 Å². The van der Waals surface area contributed by atoms with Crippen LogP contribution < -0.4 is 21.3 Å². The van der Waals surface area contributed by atoms with Gasteiger partial charge in [-0.2, -0.15) is 0 Å². The van der Waals surface area contributed by atoms with Crippen LogP contribution in [-0.4, -0.2) is 11.3 Å². The molecule has 2 nitrogen and oxygen atoms in total.